The molecule has 0 aliphatic heterocycles. The van der Waals surface area contributed by atoms with Crippen molar-refractivity contribution >= 4 is 17.7 Å². The Morgan fingerprint density at radius 1 is 1.56 bits per heavy atom. The van der Waals surface area contributed by atoms with E-state index < -0.39 is 0 Å². The highest BCUT2D eigenvalue weighted by molar-refractivity contribution is 7.99. The zero-order chi connectivity index (χ0) is 13.5. The van der Waals surface area contributed by atoms with Crippen molar-refractivity contribution in [1.29, 1.82) is 0 Å². The van der Waals surface area contributed by atoms with Crippen LogP contribution in [0.15, 0.2) is 12.4 Å². The maximum absolute atomic E-state index is 12.0. The Labute approximate surface area is 114 Å². The molecule has 1 rings (SSSR count). The number of nitrogens with zero attached hydrogens (tertiary/aromatic N) is 3. The van der Waals surface area contributed by atoms with Crippen molar-refractivity contribution in [2.24, 2.45) is 5.92 Å². The molecular formula is C13H23N3OS. The van der Waals surface area contributed by atoms with Crippen LogP contribution in [0.2, 0.25) is 0 Å². The van der Waals surface area contributed by atoms with Gasteiger partial charge in [0.1, 0.15) is 0 Å². The molecule has 18 heavy (non-hydrogen) atoms. The van der Waals surface area contributed by atoms with Crippen LogP contribution in [0.25, 0.3) is 0 Å². The minimum atomic E-state index is 0.209. The van der Waals surface area contributed by atoms with Crippen LogP contribution >= 0.6 is 11.8 Å². The van der Waals surface area contributed by atoms with Crippen LogP contribution in [0.1, 0.15) is 26.3 Å². The van der Waals surface area contributed by atoms with Crippen molar-refractivity contribution < 1.29 is 4.79 Å². The zero-order valence-corrected chi connectivity index (χ0v) is 12.5. The molecule has 0 unspecified atom stereocenters. The molecule has 0 N–H and O–H groups in total. The minimum absolute atomic E-state index is 0.209. The van der Waals surface area contributed by atoms with Crippen LogP contribution < -0.4 is 0 Å². The topological polar surface area (TPSA) is 38.1 Å². The lowest BCUT2D eigenvalue weighted by molar-refractivity contribution is -0.129. The van der Waals surface area contributed by atoms with Gasteiger partial charge in [-0.3, -0.25) is 9.48 Å². The van der Waals surface area contributed by atoms with E-state index in [4.69, 9.17) is 0 Å². The van der Waals surface area contributed by atoms with Gasteiger partial charge < -0.3 is 4.90 Å². The average Bonchev–Trinajstić information content (AvgIpc) is 2.75. The Morgan fingerprint density at radius 3 is 2.78 bits per heavy atom. The molecule has 0 aromatic carbocycles. The minimum Gasteiger partial charge on any atom is -0.337 e. The number of carbonyl (C=O) groups excluding carboxylic acids is 1. The maximum Gasteiger partial charge on any atom is 0.232 e. The van der Waals surface area contributed by atoms with Gasteiger partial charge in [-0.05, 0) is 19.1 Å². The molecule has 1 aromatic heterocycles. The third-order valence-electron chi connectivity index (χ3n) is 2.59. The standard InChI is InChI=1S/C13H23N3OS/c1-5-16-9-12(6-14-16)8-15(7-11(2)3)13(17)10-18-4/h6,9,11H,5,7-8,10H2,1-4H3. The van der Waals surface area contributed by atoms with E-state index in [0.717, 1.165) is 18.7 Å². The molecule has 0 spiro atoms. The van der Waals surface area contributed by atoms with Crippen molar-refractivity contribution in [2.75, 3.05) is 18.6 Å². The maximum atomic E-state index is 12.0. The van der Waals surface area contributed by atoms with E-state index in [2.05, 4.69) is 25.9 Å². The molecule has 102 valence electrons. The van der Waals surface area contributed by atoms with E-state index in [-0.39, 0.29) is 5.91 Å². The predicted octanol–water partition coefficient (Wildman–Crippen LogP) is 2.25. The number of hydrogen-bond donors (Lipinski definition) is 0. The van der Waals surface area contributed by atoms with Crippen molar-refractivity contribution in [2.45, 2.75) is 33.9 Å². The monoisotopic (exact) mass is 269 g/mol. The summed E-state index contributed by atoms with van der Waals surface area (Å²) in [6.07, 6.45) is 5.82. The normalized spacial score (nSPS) is 10.9. The second-order valence-corrected chi connectivity index (χ2v) is 5.67. The van der Waals surface area contributed by atoms with E-state index in [1.807, 2.05) is 28.2 Å². The highest BCUT2D eigenvalue weighted by Crippen LogP contribution is 2.09. The number of hydrogen-bond acceptors (Lipinski definition) is 3. The Balaban J connectivity index is 2.67. The van der Waals surface area contributed by atoms with Gasteiger partial charge in [-0.25, -0.2) is 0 Å². The Bertz CT molecular complexity index is 376. The zero-order valence-electron chi connectivity index (χ0n) is 11.7. The van der Waals surface area contributed by atoms with Crippen LogP contribution in [0.5, 0.6) is 0 Å². The van der Waals surface area contributed by atoms with E-state index in [1.165, 1.54) is 0 Å². The smallest absolute Gasteiger partial charge is 0.232 e. The van der Waals surface area contributed by atoms with Gasteiger partial charge >= 0.3 is 0 Å². The lowest BCUT2D eigenvalue weighted by Crippen LogP contribution is -2.34. The Morgan fingerprint density at radius 2 is 2.28 bits per heavy atom. The first-order valence-corrected chi connectivity index (χ1v) is 7.74. The molecule has 0 aliphatic carbocycles. The Hall–Kier alpha value is -0.970. The molecule has 1 aromatic rings. The van der Waals surface area contributed by atoms with Gasteiger partial charge in [0.15, 0.2) is 0 Å². The van der Waals surface area contributed by atoms with Gasteiger partial charge in [0.2, 0.25) is 5.91 Å². The molecule has 5 heteroatoms. The van der Waals surface area contributed by atoms with E-state index in [9.17, 15) is 4.79 Å². The largest absolute Gasteiger partial charge is 0.337 e. The summed E-state index contributed by atoms with van der Waals surface area (Å²) in [5.41, 5.74) is 1.10. The van der Waals surface area contributed by atoms with Crippen LogP contribution in [-0.2, 0) is 17.9 Å². The first kappa shape index (κ1) is 15.1. The van der Waals surface area contributed by atoms with Gasteiger partial charge in [-0.15, -0.1) is 0 Å². The fraction of sp³-hybridized carbons (Fsp3) is 0.692. The fourth-order valence-electron chi connectivity index (χ4n) is 1.79. The third kappa shape index (κ3) is 4.72. The van der Waals surface area contributed by atoms with Gasteiger partial charge in [-0.1, -0.05) is 13.8 Å². The first-order valence-electron chi connectivity index (χ1n) is 6.34. The van der Waals surface area contributed by atoms with E-state index >= 15 is 0 Å². The van der Waals surface area contributed by atoms with E-state index in [1.54, 1.807) is 11.8 Å². The molecule has 0 fully saturated rings. The summed E-state index contributed by atoms with van der Waals surface area (Å²) < 4.78 is 1.89. The molecule has 1 heterocycles. The molecule has 0 saturated carbocycles. The molecule has 0 atom stereocenters. The highest BCUT2D eigenvalue weighted by Gasteiger charge is 2.15. The number of amides is 1. The highest BCUT2D eigenvalue weighted by atomic mass is 32.2. The predicted molar refractivity (Wildman–Crippen MR) is 76.5 cm³/mol. The summed E-state index contributed by atoms with van der Waals surface area (Å²) in [6, 6.07) is 0. The summed E-state index contributed by atoms with van der Waals surface area (Å²) in [5, 5.41) is 4.25. The molecule has 0 saturated heterocycles. The summed E-state index contributed by atoms with van der Waals surface area (Å²) >= 11 is 1.57. The van der Waals surface area contributed by atoms with Crippen LogP contribution in [-0.4, -0.2) is 39.1 Å². The van der Waals surface area contributed by atoms with Gasteiger partial charge in [0.25, 0.3) is 0 Å². The van der Waals surface area contributed by atoms with Crippen LogP contribution in [0, 0.1) is 5.92 Å². The molecule has 1 amide bonds. The van der Waals surface area contributed by atoms with Crippen LogP contribution in [0.4, 0.5) is 0 Å². The second kappa shape index (κ2) is 7.46. The van der Waals surface area contributed by atoms with Crippen molar-refractivity contribution in [3.05, 3.63) is 18.0 Å². The SMILES string of the molecule is CCn1cc(CN(CC(C)C)C(=O)CSC)cn1. The number of rotatable bonds is 7. The molecule has 4 nitrogen and oxygen atoms in total. The number of aromatic nitrogens is 2. The first-order chi connectivity index (χ1) is 8.56. The summed E-state index contributed by atoms with van der Waals surface area (Å²) in [7, 11) is 0. The van der Waals surface area contributed by atoms with Crippen molar-refractivity contribution in [1.82, 2.24) is 14.7 Å². The molecular weight excluding hydrogens is 246 g/mol. The summed E-state index contributed by atoms with van der Waals surface area (Å²) in [6.45, 7) is 8.66. The fourth-order valence-corrected chi connectivity index (χ4v) is 2.22. The number of aryl methyl sites for hydroxylation is 1. The lowest BCUT2D eigenvalue weighted by Gasteiger charge is -2.23. The van der Waals surface area contributed by atoms with Gasteiger partial charge in [0.05, 0.1) is 11.9 Å². The number of thioether (sulfide) groups is 1. The van der Waals surface area contributed by atoms with Crippen molar-refractivity contribution in [3.63, 3.8) is 0 Å². The average molecular weight is 269 g/mol. The number of carbonyl (C=O) groups is 1. The van der Waals surface area contributed by atoms with Crippen LogP contribution in [0.3, 0.4) is 0 Å². The molecule has 0 radical (unpaired) electrons. The van der Waals surface area contributed by atoms with Crippen molar-refractivity contribution in [3.8, 4) is 0 Å². The molecule has 0 bridgehead atoms. The van der Waals surface area contributed by atoms with Gasteiger partial charge in [0, 0.05) is 31.4 Å². The lowest BCUT2D eigenvalue weighted by atomic mass is 10.2. The Kier molecular flexibility index (Phi) is 6.25. The summed E-state index contributed by atoms with van der Waals surface area (Å²) in [5.74, 6) is 1.24. The quantitative estimate of drug-likeness (QED) is 0.762. The summed E-state index contributed by atoms with van der Waals surface area (Å²) in [4.78, 5) is 14.0. The van der Waals surface area contributed by atoms with Gasteiger partial charge in [-0.2, -0.15) is 16.9 Å². The van der Waals surface area contributed by atoms with E-state index in [0.29, 0.717) is 18.2 Å². The molecule has 0 aliphatic rings. The second-order valence-electron chi connectivity index (χ2n) is 4.81. The third-order valence-corrected chi connectivity index (χ3v) is 3.13.